The standard InChI is InChI=1S/C17H27N3O2/c1-2-15-18-16(22-19-15)9-6-10-17(21)20(14-11-12-14)13-7-4-3-5-8-13/h13-14H,2-12H2,1H3. The van der Waals surface area contributed by atoms with Crippen LogP contribution in [-0.2, 0) is 17.6 Å². The molecule has 3 rings (SSSR count). The number of nitrogens with zero attached hydrogens (tertiary/aromatic N) is 3. The molecule has 2 saturated carbocycles. The lowest BCUT2D eigenvalue weighted by molar-refractivity contribution is -0.135. The van der Waals surface area contributed by atoms with Gasteiger partial charge in [-0.1, -0.05) is 31.3 Å². The van der Waals surface area contributed by atoms with Crippen molar-refractivity contribution < 1.29 is 9.32 Å². The Balaban J connectivity index is 1.48. The van der Waals surface area contributed by atoms with Gasteiger partial charge in [-0.2, -0.15) is 4.98 Å². The van der Waals surface area contributed by atoms with Crippen molar-refractivity contribution in [3.05, 3.63) is 11.7 Å². The highest BCUT2D eigenvalue weighted by Gasteiger charge is 2.37. The molecule has 0 spiro atoms. The van der Waals surface area contributed by atoms with Gasteiger partial charge in [-0.3, -0.25) is 4.79 Å². The van der Waals surface area contributed by atoms with Gasteiger partial charge in [0.15, 0.2) is 5.82 Å². The van der Waals surface area contributed by atoms with Crippen LogP contribution in [0.5, 0.6) is 0 Å². The van der Waals surface area contributed by atoms with Crippen molar-refractivity contribution in [2.24, 2.45) is 0 Å². The molecule has 0 atom stereocenters. The van der Waals surface area contributed by atoms with Gasteiger partial charge in [-0.05, 0) is 32.1 Å². The smallest absolute Gasteiger partial charge is 0.226 e. The molecule has 2 aliphatic carbocycles. The summed E-state index contributed by atoms with van der Waals surface area (Å²) in [5, 5.41) is 3.90. The van der Waals surface area contributed by atoms with Gasteiger partial charge in [0.2, 0.25) is 11.8 Å². The summed E-state index contributed by atoms with van der Waals surface area (Å²) in [6, 6.07) is 1.04. The van der Waals surface area contributed by atoms with Crippen molar-refractivity contribution in [1.82, 2.24) is 15.0 Å². The predicted molar refractivity (Wildman–Crippen MR) is 83.4 cm³/mol. The molecule has 0 N–H and O–H groups in total. The molecule has 1 heterocycles. The number of hydrogen-bond acceptors (Lipinski definition) is 4. The van der Waals surface area contributed by atoms with Crippen LogP contribution in [-0.4, -0.2) is 33.0 Å². The predicted octanol–water partition coefficient (Wildman–Crippen LogP) is 3.28. The van der Waals surface area contributed by atoms with Crippen LogP contribution in [0.15, 0.2) is 4.52 Å². The van der Waals surface area contributed by atoms with Crippen LogP contribution in [0, 0.1) is 0 Å². The molecule has 5 nitrogen and oxygen atoms in total. The van der Waals surface area contributed by atoms with Crippen LogP contribution in [0.25, 0.3) is 0 Å². The normalized spacial score (nSPS) is 19.3. The Morgan fingerprint density at radius 3 is 2.55 bits per heavy atom. The Hall–Kier alpha value is -1.39. The molecule has 1 aromatic heterocycles. The van der Waals surface area contributed by atoms with E-state index in [4.69, 9.17) is 4.52 Å². The van der Waals surface area contributed by atoms with Crippen molar-refractivity contribution in [2.45, 2.75) is 89.6 Å². The zero-order valence-electron chi connectivity index (χ0n) is 13.6. The lowest BCUT2D eigenvalue weighted by Gasteiger charge is -2.34. The summed E-state index contributed by atoms with van der Waals surface area (Å²) >= 11 is 0. The van der Waals surface area contributed by atoms with Crippen LogP contribution in [0.3, 0.4) is 0 Å². The molecule has 0 saturated heterocycles. The van der Waals surface area contributed by atoms with E-state index in [2.05, 4.69) is 15.0 Å². The van der Waals surface area contributed by atoms with E-state index in [1.807, 2.05) is 6.92 Å². The molecule has 1 amide bonds. The second kappa shape index (κ2) is 7.25. The topological polar surface area (TPSA) is 59.2 Å². The van der Waals surface area contributed by atoms with Crippen molar-refractivity contribution in [2.75, 3.05) is 0 Å². The molecule has 0 bridgehead atoms. The molecule has 0 unspecified atom stereocenters. The average Bonchev–Trinajstić information content (AvgIpc) is 3.26. The zero-order valence-corrected chi connectivity index (χ0v) is 13.6. The maximum absolute atomic E-state index is 12.6. The van der Waals surface area contributed by atoms with Crippen molar-refractivity contribution in [3.63, 3.8) is 0 Å². The first-order valence-electron chi connectivity index (χ1n) is 8.90. The Kier molecular flexibility index (Phi) is 5.11. The van der Waals surface area contributed by atoms with Crippen LogP contribution >= 0.6 is 0 Å². The second-order valence-corrected chi connectivity index (χ2v) is 6.64. The second-order valence-electron chi connectivity index (χ2n) is 6.64. The number of aromatic nitrogens is 2. The fraction of sp³-hybridized carbons (Fsp3) is 0.824. The molecule has 2 fully saturated rings. The molecule has 0 aromatic carbocycles. The third kappa shape index (κ3) is 3.87. The highest BCUT2D eigenvalue weighted by Crippen LogP contribution is 2.34. The highest BCUT2D eigenvalue weighted by atomic mass is 16.5. The van der Waals surface area contributed by atoms with Crippen molar-refractivity contribution in [3.8, 4) is 0 Å². The number of rotatable bonds is 7. The molecular formula is C17H27N3O2. The highest BCUT2D eigenvalue weighted by molar-refractivity contribution is 5.77. The fourth-order valence-corrected chi connectivity index (χ4v) is 3.47. The lowest BCUT2D eigenvalue weighted by atomic mass is 9.93. The fourth-order valence-electron chi connectivity index (χ4n) is 3.47. The molecule has 5 heteroatoms. The summed E-state index contributed by atoms with van der Waals surface area (Å²) in [7, 11) is 0. The Morgan fingerprint density at radius 2 is 1.91 bits per heavy atom. The SMILES string of the molecule is CCc1noc(CCCC(=O)N(C2CCCCC2)C2CC2)n1. The third-order valence-electron chi connectivity index (χ3n) is 4.80. The van der Waals surface area contributed by atoms with Crippen molar-refractivity contribution >= 4 is 5.91 Å². The molecule has 2 aliphatic rings. The minimum absolute atomic E-state index is 0.338. The molecule has 122 valence electrons. The summed E-state index contributed by atoms with van der Waals surface area (Å²) < 4.78 is 5.19. The minimum Gasteiger partial charge on any atom is -0.339 e. The summed E-state index contributed by atoms with van der Waals surface area (Å²) in [5.74, 6) is 1.76. The van der Waals surface area contributed by atoms with Gasteiger partial charge in [0.1, 0.15) is 0 Å². The van der Waals surface area contributed by atoms with E-state index in [1.54, 1.807) is 0 Å². The van der Waals surface area contributed by atoms with E-state index in [9.17, 15) is 4.79 Å². The third-order valence-corrected chi connectivity index (χ3v) is 4.80. The van der Waals surface area contributed by atoms with E-state index in [0.717, 1.165) is 18.7 Å². The molecule has 0 radical (unpaired) electrons. The van der Waals surface area contributed by atoms with E-state index in [-0.39, 0.29) is 0 Å². The monoisotopic (exact) mass is 305 g/mol. The molecule has 0 aliphatic heterocycles. The quantitative estimate of drug-likeness (QED) is 0.775. The average molecular weight is 305 g/mol. The maximum atomic E-state index is 12.6. The summed E-state index contributed by atoms with van der Waals surface area (Å²) in [6.07, 6.45) is 11.6. The number of amides is 1. The van der Waals surface area contributed by atoms with Gasteiger partial charge >= 0.3 is 0 Å². The van der Waals surface area contributed by atoms with Gasteiger partial charge in [0.25, 0.3) is 0 Å². The van der Waals surface area contributed by atoms with Crippen LogP contribution in [0.4, 0.5) is 0 Å². The number of hydrogen-bond donors (Lipinski definition) is 0. The molecule has 22 heavy (non-hydrogen) atoms. The number of carbonyl (C=O) groups is 1. The van der Waals surface area contributed by atoms with Crippen LogP contribution in [0.2, 0.25) is 0 Å². The van der Waals surface area contributed by atoms with E-state index in [1.165, 1.54) is 44.9 Å². The van der Waals surface area contributed by atoms with E-state index >= 15 is 0 Å². The Morgan fingerprint density at radius 1 is 1.18 bits per heavy atom. The lowest BCUT2D eigenvalue weighted by Crippen LogP contribution is -2.43. The van der Waals surface area contributed by atoms with Gasteiger partial charge in [0.05, 0.1) is 0 Å². The Bertz CT molecular complexity index is 490. The summed E-state index contributed by atoms with van der Waals surface area (Å²) in [4.78, 5) is 19.2. The van der Waals surface area contributed by atoms with Gasteiger partial charge < -0.3 is 9.42 Å². The van der Waals surface area contributed by atoms with E-state index < -0.39 is 0 Å². The number of aryl methyl sites for hydroxylation is 2. The van der Waals surface area contributed by atoms with Crippen LogP contribution in [0.1, 0.15) is 76.4 Å². The van der Waals surface area contributed by atoms with Gasteiger partial charge in [-0.15, -0.1) is 0 Å². The summed E-state index contributed by atoms with van der Waals surface area (Å²) in [5.41, 5.74) is 0. The molecular weight excluding hydrogens is 278 g/mol. The van der Waals surface area contributed by atoms with Crippen molar-refractivity contribution in [1.29, 1.82) is 0 Å². The van der Waals surface area contributed by atoms with E-state index in [0.29, 0.717) is 36.7 Å². The zero-order chi connectivity index (χ0) is 15.4. The minimum atomic E-state index is 0.338. The first-order chi connectivity index (χ1) is 10.8. The Labute approximate surface area is 132 Å². The first-order valence-corrected chi connectivity index (χ1v) is 8.90. The first kappa shape index (κ1) is 15.5. The largest absolute Gasteiger partial charge is 0.339 e. The maximum Gasteiger partial charge on any atom is 0.226 e. The molecule has 1 aromatic rings. The summed E-state index contributed by atoms with van der Waals surface area (Å²) in [6.45, 7) is 2.01. The number of carbonyl (C=O) groups excluding carboxylic acids is 1. The van der Waals surface area contributed by atoms with Gasteiger partial charge in [0, 0.05) is 31.3 Å². The van der Waals surface area contributed by atoms with Crippen LogP contribution < -0.4 is 0 Å². The van der Waals surface area contributed by atoms with Gasteiger partial charge in [-0.25, -0.2) is 0 Å².